The Balaban J connectivity index is 1.64. The number of anilines is 1. The van der Waals surface area contributed by atoms with Crippen molar-refractivity contribution >= 4 is 34.8 Å². The summed E-state index contributed by atoms with van der Waals surface area (Å²) in [6.07, 6.45) is 18.2. The summed E-state index contributed by atoms with van der Waals surface area (Å²) in [6, 6.07) is 9.34. The lowest BCUT2D eigenvalue weighted by Crippen LogP contribution is -2.20. The molecule has 0 saturated carbocycles. The highest BCUT2D eigenvalue weighted by molar-refractivity contribution is 6.37. The van der Waals surface area contributed by atoms with Gasteiger partial charge in [-0.15, -0.1) is 0 Å². The third-order valence-corrected chi connectivity index (χ3v) is 7.43. The first-order chi connectivity index (χ1) is 17.4. The van der Waals surface area contributed by atoms with Gasteiger partial charge in [0.2, 0.25) is 0 Å². The van der Waals surface area contributed by atoms with Gasteiger partial charge in [-0.1, -0.05) is 125 Å². The van der Waals surface area contributed by atoms with E-state index in [9.17, 15) is 9.90 Å². The van der Waals surface area contributed by atoms with E-state index < -0.39 is 5.91 Å². The Hall–Kier alpha value is -1.91. The number of benzene rings is 2. The molecular weight excluding hydrogens is 493 g/mol. The molecule has 0 radical (unpaired) electrons. The monoisotopic (exact) mass is 535 g/mol. The van der Waals surface area contributed by atoms with E-state index in [0.717, 1.165) is 24.2 Å². The fourth-order valence-corrected chi connectivity index (χ4v) is 4.77. The number of para-hydroxylation sites is 1. The number of carbonyl (C=O) groups is 1. The van der Waals surface area contributed by atoms with Crippen LogP contribution in [-0.2, 0) is 11.2 Å². The minimum absolute atomic E-state index is 0.127. The highest BCUT2D eigenvalue weighted by Gasteiger charge is 2.15. The Morgan fingerprint density at radius 3 is 2.06 bits per heavy atom. The van der Waals surface area contributed by atoms with Crippen molar-refractivity contribution in [2.24, 2.45) is 0 Å². The number of unbranched alkanes of at least 4 members (excludes halogenated alkanes) is 12. The molecule has 2 N–H and O–H groups in total. The van der Waals surface area contributed by atoms with Gasteiger partial charge in [0.05, 0.1) is 10.7 Å². The molecule has 2 aromatic carbocycles. The number of hydrogen-bond acceptors (Lipinski definition) is 3. The molecule has 0 saturated heterocycles. The van der Waals surface area contributed by atoms with E-state index in [4.69, 9.17) is 27.9 Å². The van der Waals surface area contributed by atoms with Crippen molar-refractivity contribution in [3.05, 3.63) is 51.5 Å². The molecule has 2 aromatic rings. The summed E-state index contributed by atoms with van der Waals surface area (Å²) in [5, 5.41) is 13.3. The molecule has 0 fully saturated rings. The zero-order chi connectivity index (χ0) is 26.2. The average molecular weight is 537 g/mol. The van der Waals surface area contributed by atoms with Crippen molar-refractivity contribution in [2.75, 3.05) is 11.9 Å². The smallest absolute Gasteiger partial charge is 0.262 e. The molecule has 0 spiro atoms. The number of carbonyl (C=O) groups excluding carboxylic acids is 1. The molecule has 4 nitrogen and oxygen atoms in total. The van der Waals surface area contributed by atoms with Crippen LogP contribution in [0.5, 0.6) is 11.5 Å². The van der Waals surface area contributed by atoms with Gasteiger partial charge < -0.3 is 15.2 Å². The Kier molecular flexibility index (Phi) is 14.8. The summed E-state index contributed by atoms with van der Waals surface area (Å²) in [4.78, 5) is 12.4. The lowest BCUT2D eigenvalue weighted by atomic mass is 10.0. The normalized spacial score (nSPS) is 11.0. The Labute approximate surface area is 227 Å². The zero-order valence-electron chi connectivity index (χ0n) is 22.0. The quantitative estimate of drug-likeness (QED) is 0.147. The molecule has 0 aliphatic carbocycles. The van der Waals surface area contributed by atoms with Gasteiger partial charge in [0, 0.05) is 5.02 Å². The summed E-state index contributed by atoms with van der Waals surface area (Å²) in [5.41, 5.74) is 1.84. The van der Waals surface area contributed by atoms with Gasteiger partial charge in [-0.25, -0.2) is 0 Å². The van der Waals surface area contributed by atoms with Gasteiger partial charge >= 0.3 is 0 Å². The number of hydrogen-bond donors (Lipinski definition) is 2. The van der Waals surface area contributed by atoms with Gasteiger partial charge in [-0.05, 0) is 43.0 Å². The maximum absolute atomic E-state index is 12.4. The number of phenolic OH excluding ortho intramolecular Hbond substituents is 1. The van der Waals surface area contributed by atoms with Crippen LogP contribution in [0.25, 0.3) is 0 Å². The van der Waals surface area contributed by atoms with Crippen molar-refractivity contribution in [3.63, 3.8) is 0 Å². The fourth-order valence-electron chi connectivity index (χ4n) is 4.31. The summed E-state index contributed by atoms with van der Waals surface area (Å²) >= 11 is 12.2. The second-order valence-electron chi connectivity index (χ2n) is 9.63. The third kappa shape index (κ3) is 11.0. The number of rotatable bonds is 18. The van der Waals surface area contributed by atoms with E-state index in [2.05, 4.69) is 18.3 Å². The zero-order valence-corrected chi connectivity index (χ0v) is 23.5. The SMILES string of the molecule is CCCCCCCCCCCCCCCc1ccccc1OCC(=O)Nc1cc(Cl)c(C)c(Cl)c1O. The van der Waals surface area contributed by atoms with Crippen LogP contribution >= 0.6 is 23.2 Å². The van der Waals surface area contributed by atoms with Crippen LogP contribution in [0.15, 0.2) is 30.3 Å². The standard InChI is InChI=1S/C30H43Cl2NO3/c1-3-4-5-6-7-8-9-10-11-12-13-14-15-18-24-19-16-17-20-27(24)36-22-28(34)33-26-21-25(31)23(2)29(32)30(26)35/h16-17,19-21,35H,3-15,18,22H2,1-2H3,(H,33,34). The minimum Gasteiger partial charge on any atom is -0.504 e. The van der Waals surface area contributed by atoms with E-state index in [1.54, 1.807) is 6.92 Å². The van der Waals surface area contributed by atoms with Gasteiger partial charge in [0.15, 0.2) is 12.4 Å². The molecule has 0 bridgehead atoms. The Bertz CT molecular complexity index is 933. The highest BCUT2D eigenvalue weighted by Crippen LogP contribution is 2.38. The van der Waals surface area contributed by atoms with Crippen molar-refractivity contribution in [3.8, 4) is 11.5 Å². The van der Waals surface area contributed by atoms with E-state index in [1.165, 1.54) is 83.1 Å². The number of phenols is 1. The molecule has 0 heterocycles. The van der Waals surface area contributed by atoms with Gasteiger partial charge in [0.1, 0.15) is 5.75 Å². The highest BCUT2D eigenvalue weighted by atomic mass is 35.5. The van der Waals surface area contributed by atoms with Crippen LogP contribution < -0.4 is 10.1 Å². The largest absolute Gasteiger partial charge is 0.504 e. The van der Waals surface area contributed by atoms with Crippen molar-refractivity contribution < 1.29 is 14.6 Å². The predicted molar refractivity (Wildman–Crippen MR) is 153 cm³/mol. The van der Waals surface area contributed by atoms with Gasteiger partial charge in [-0.3, -0.25) is 4.79 Å². The number of aromatic hydroxyl groups is 1. The van der Waals surface area contributed by atoms with E-state index in [-0.39, 0.29) is 23.1 Å². The number of ether oxygens (including phenoxy) is 1. The van der Waals surface area contributed by atoms with E-state index in [1.807, 2.05) is 18.2 Å². The lowest BCUT2D eigenvalue weighted by Gasteiger charge is -2.13. The van der Waals surface area contributed by atoms with Crippen LogP contribution in [0.1, 0.15) is 102 Å². The number of halogens is 2. The fraction of sp³-hybridized carbons (Fsp3) is 0.567. The second kappa shape index (κ2) is 17.5. The maximum Gasteiger partial charge on any atom is 0.262 e. The Morgan fingerprint density at radius 2 is 1.44 bits per heavy atom. The molecule has 6 heteroatoms. The van der Waals surface area contributed by atoms with Crippen LogP contribution in [0.4, 0.5) is 5.69 Å². The molecule has 0 aliphatic heterocycles. The van der Waals surface area contributed by atoms with Gasteiger partial charge in [0.25, 0.3) is 5.91 Å². The van der Waals surface area contributed by atoms with Crippen molar-refractivity contribution in [1.82, 2.24) is 0 Å². The summed E-state index contributed by atoms with van der Waals surface area (Å²) in [6.45, 7) is 3.80. The summed E-state index contributed by atoms with van der Waals surface area (Å²) in [7, 11) is 0. The van der Waals surface area contributed by atoms with Crippen LogP contribution in [0.2, 0.25) is 10.0 Å². The molecule has 0 aliphatic rings. The first kappa shape index (κ1) is 30.3. The van der Waals surface area contributed by atoms with E-state index >= 15 is 0 Å². The molecule has 36 heavy (non-hydrogen) atoms. The van der Waals surface area contributed by atoms with Crippen LogP contribution in [-0.4, -0.2) is 17.6 Å². The molecule has 0 aromatic heterocycles. The topological polar surface area (TPSA) is 58.6 Å². The summed E-state index contributed by atoms with van der Waals surface area (Å²) in [5.74, 6) is 0.127. The van der Waals surface area contributed by atoms with Crippen molar-refractivity contribution in [2.45, 2.75) is 104 Å². The molecule has 0 atom stereocenters. The molecule has 200 valence electrons. The van der Waals surface area contributed by atoms with Crippen LogP contribution in [0.3, 0.4) is 0 Å². The molecular formula is C30H43Cl2NO3. The van der Waals surface area contributed by atoms with E-state index in [0.29, 0.717) is 10.6 Å². The molecule has 1 amide bonds. The predicted octanol–water partition coefficient (Wildman–Crippen LogP) is 9.66. The minimum atomic E-state index is -0.392. The second-order valence-corrected chi connectivity index (χ2v) is 10.4. The Morgan fingerprint density at radius 1 is 0.889 bits per heavy atom. The van der Waals surface area contributed by atoms with Crippen molar-refractivity contribution in [1.29, 1.82) is 0 Å². The van der Waals surface area contributed by atoms with Crippen LogP contribution in [0, 0.1) is 6.92 Å². The number of nitrogens with one attached hydrogen (secondary N) is 1. The lowest BCUT2D eigenvalue weighted by molar-refractivity contribution is -0.118. The first-order valence-corrected chi connectivity index (χ1v) is 14.4. The first-order valence-electron chi connectivity index (χ1n) is 13.6. The molecule has 0 unspecified atom stereocenters. The molecule has 2 rings (SSSR count). The number of amides is 1. The summed E-state index contributed by atoms with van der Waals surface area (Å²) < 4.78 is 5.80. The third-order valence-electron chi connectivity index (χ3n) is 6.58. The van der Waals surface area contributed by atoms with Gasteiger partial charge in [-0.2, -0.15) is 0 Å². The number of aryl methyl sites for hydroxylation is 1. The average Bonchev–Trinajstić information content (AvgIpc) is 2.88. The maximum atomic E-state index is 12.4.